The number of imidazole rings is 1. The quantitative estimate of drug-likeness (QED) is 0.303. The van der Waals surface area contributed by atoms with Crippen LogP contribution in [0.2, 0.25) is 0 Å². The summed E-state index contributed by atoms with van der Waals surface area (Å²) in [5.41, 5.74) is 4.76. The van der Waals surface area contributed by atoms with Crippen LogP contribution in [0.3, 0.4) is 0 Å². The number of methoxy groups -OCH3 is 1. The number of aromatic amines is 2. The number of likely N-dealkylation sites (tertiary alicyclic amines) is 1. The Bertz CT molecular complexity index is 1710. The normalized spacial score (nSPS) is 17.5. The van der Waals surface area contributed by atoms with Gasteiger partial charge in [0.15, 0.2) is 0 Å². The van der Waals surface area contributed by atoms with Crippen LogP contribution in [-0.2, 0) is 17.9 Å². The molecule has 1 saturated heterocycles. The molecule has 1 aliphatic heterocycles. The first-order chi connectivity index (χ1) is 19.5. The molecule has 2 N–H and O–H groups in total. The highest BCUT2D eigenvalue weighted by molar-refractivity contribution is 5.82. The van der Waals surface area contributed by atoms with Gasteiger partial charge < -0.3 is 24.3 Å². The molecular formula is C30H32N6O4. The van der Waals surface area contributed by atoms with Crippen molar-refractivity contribution in [3.8, 4) is 6.01 Å². The van der Waals surface area contributed by atoms with Crippen molar-refractivity contribution in [3.63, 3.8) is 0 Å². The van der Waals surface area contributed by atoms with Crippen molar-refractivity contribution >= 4 is 27.9 Å². The largest absolute Gasteiger partial charge is 0.417 e. The van der Waals surface area contributed by atoms with E-state index in [4.69, 9.17) is 9.47 Å². The number of benzene rings is 2. The molecule has 0 bridgehead atoms. The molecule has 0 radical (unpaired) electrons. The van der Waals surface area contributed by atoms with Gasteiger partial charge in [0.05, 0.1) is 5.52 Å². The second kappa shape index (κ2) is 11.0. The average molecular weight is 541 g/mol. The first kappa shape index (κ1) is 25.8. The van der Waals surface area contributed by atoms with Gasteiger partial charge in [-0.25, -0.2) is 14.5 Å². The molecule has 5 aromatic rings. The number of ether oxygens (including phenoxy) is 2. The predicted molar refractivity (Wildman–Crippen MR) is 151 cm³/mol. The number of hydrogen-bond donors (Lipinski definition) is 2. The maximum absolute atomic E-state index is 13.2. The number of amides is 1. The lowest BCUT2D eigenvalue weighted by molar-refractivity contribution is 0.101. The summed E-state index contributed by atoms with van der Waals surface area (Å²) in [5.74, 6) is 0.0301. The number of carbonyl (C=O) groups excluding carboxylic acids is 1. The number of rotatable bonds is 7. The van der Waals surface area contributed by atoms with Gasteiger partial charge in [-0.05, 0) is 73.2 Å². The summed E-state index contributed by atoms with van der Waals surface area (Å²) in [5, 5.41) is 6.68. The fourth-order valence-corrected chi connectivity index (χ4v) is 5.88. The summed E-state index contributed by atoms with van der Waals surface area (Å²) >= 11 is 0. The van der Waals surface area contributed by atoms with Gasteiger partial charge in [0, 0.05) is 54.8 Å². The zero-order valence-electron chi connectivity index (χ0n) is 22.6. The van der Waals surface area contributed by atoms with Crippen molar-refractivity contribution in [2.45, 2.75) is 51.3 Å². The standard InChI is InChI=1S/C30H32N6O4/c1-19-13-20(14-23-17-35(18-39-2)34-27(19)23)7-8-24-15-21(9-12-36(24)30(38)40-29-31-10-11-32-29)25-16-22-5-3-4-6-26(22)33-28(25)37/h3-6,10-11,13-14,16-17,21,24H,7-9,12,15,18H2,1-2H3,(H,31,32)(H,33,37)/t21-,24-/m1/s1. The third kappa shape index (κ3) is 5.22. The van der Waals surface area contributed by atoms with Gasteiger partial charge in [0.2, 0.25) is 0 Å². The van der Waals surface area contributed by atoms with E-state index in [1.54, 1.807) is 29.1 Å². The Morgan fingerprint density at radius 2 is 2.05 bits per heavy atom. The average Bonchev–Trinajstić information content (AvgIpc) is 3.61. The second-order valence-corrected chi connectivity index (χ2v) is 10.4. The van der Waals surface area contributed by atoms with Crippen molar-refractivity contribution in [2.24, 2.45) is 0 Å². The number of carbonyl (C=O) groups is 1. The van der Waals surface area contributed by atoms with E-state index in [1.807, 2.05) is 36.5 Å². The molecular weight excluding hydrogens is 508 g/mol. The predicted octanol–water partition coefficient (Wildman–Crippen LogP) is 4.89. The first-order valence-corrected chi connectivity index (χ1v) is 13.5. The third-order valence-corrected chi connectivity index (χ3v) is 7.76. The molecule has 3 aromatic heterocycles. The summed E-state index contributed by atoms with van der Waals surface area (Å²) < 4.78 is 12.5. The highest BCUT2D eigenvalue weighted by atomic mass is 16.6. The molecule has 10 nitrogen and oxygen atoms in total. The summed E-state index contributed by atoms with van der Waals surface area (Å²) in [6.45, 7) is 2.95. The minimum atomic E-state index is -0.432. The van der Waals surface area contributed by atoms with Crippen LogP contribution in [0.1, 0.15) is 41.9 Å². The number of hydrogen-bond acceptors (Lipinski definition) is 6. The molecule has 2 aromatic carbocycles. The van der Waals surface area contributed by atoms with Crippen molar-refractivity contribution in [2.75, 3.05) is 13.7 Å². The van der Waals surface area contributed by atoms with Gasteiger partial charge in [-0.2, -0.15) is 5.10 Å². The molecule has 1 fully saturated rings. The van der Waals surface area contributed by atoms with E-state index >= 15 is 0 Å². The van der Waals surface area contributed by atoms with Gasteiger partial charge in [-0.3, -0.25) is 4.79 Å². The van der Waals surface area contributed by atoms with Crippen molar-refractivity contribution < 1.29 is 14.3 Å². The highest BCUT2D eigenvalue weighted by Gasteiger charge is 2.34. The van der Waals surface area contributed by atoms with Crippen molar-refractivity contribution in [1.29, 1.82) is 0 Å². The van der Waals surface area contributed by atoms with Crippen LogP contribution in [0.25, 0.3) is 21.8 Å². The Labute approximate surface area is 230 Å². The number of piperidine rings is 1. The molecule has 0 unspecified atom stereocenters. The number of aryl methyl sites for hydroxylation is 2. The smallest absolute Gasteiger partial charge is 0.375 e. The van der Waals surface area contributed by atoms with Crippen LogP contribution in [0.5, 0.6) is 6.01 Å². The Morgan fingerprint density at radius 1 is 1.18 bits per heavy atom. The Kier molecular flexibility index (Phi) is 7.08. The van der Waals surface area contributed by atoms with Gasteiger partial charge in [-0.1, -0.05) is 24.3 Å². The topological polar surface area (TPSA) is 118 Å². The lowest BCUT2D eigenvalue weighted by Gasteiger charge is -2.38. The first-order valence-electron chi connectivity index (χ1n) is 13.5. The summed E-state index contributed by atoms with van der Waals surface area (Å²) in [7, 11) is 1.65. The van der Waals surface area contributed by atoms with Gasteiger partial charge in [-0.15, -0.1) is 0 Å². The van der Waals surface area contributed by atoms with E-state index in [2.05, 4.69) is 39.1 Å². The zero-order valence-corrected chi connectivity index (χ0v) is 22.6. The third-order valence-electron chi connectivity index (χ3n) is 7.76. The number of para-hydroxylation sites is 1. The fraction of sp³-hybridized carbons (Fsp3) is 0.333. The molecule has 0 saturated carbocycles. The minimum absolute atomic E-state index is 0.0301. The van der Waals surface area contributed by atoms with Crippen LogP contribution >= 0.6 is 0 Å². The second-order valence-electron chi connectivity index (χ2n) is 10.4. The van der Waals surface area contributed by atoms with Gasteiger partial charge >= 0.3 is 12.1 Å². The van der Waals surface area contributed by atoms with E-state index in [-0.39, 0.29) is 23.5 Å². The summed E-state index contributed by atoms with van der Waals surface area (Å²) in [4.78, 5) is 38.0. The van der Waals surface area contributed by atoms with Crippen molar-refractivity contribution in [3.05, 3.63) is 88.1 Å². The lowest BCUT2D eigenvalue weighted by atomic mass is 9.83. The SMILES string of the molecule is COCn1cc2cc(CC[C@@H]3C[C@H](c4cc5ccccc5[nH]c4=O)CCN3C(=O)Oc3ncc[nH]3)cc(C)c2n1. The van der Waals surface area contributed by atoms with E-state index in [1.165, 1.54) is 5.56 Å². The molecule has 0 aliphatic carbocycles. The van der Waals surface area contributed by atoms with Crippen molar-refractivity contribution in [1.82, 2.24) is 29.6 Å². The molecule has 40 heavy (non-hydrogen) atoms. The Balaban J connectivity index is 1.26. The van der Waals surface area contributed by atoms with Crippen LogP contribution in [0, 0.1) is 6.92 Å². The molecule has 6 rings (SSSR count). The summed E-state index contributed by atoms with van der Waals surface area (Å²) in [6.07, 6.45) is 7.56. The molecule has 0 spiro atoms. The Morgan fingerprint density at radius 3 is 2.88 bits per heavy atom. The Hall–Kier alpha value is -4.44. The van der Waals surface area contributed by atoms with E-state index in [0.29, 0.717) is 26.1 Å². The number of fused-ring (bicyclic) bond motifs is 2. The zero-order chi connectivity index (χ0) is 27.6. The minimum Gasteiger partial charge on any atom is -0.375 e. The van der Waals surface area contributed by atoms with Crippen LogP contribution in [0.15, 0.2) is 65.8 Å². The summed E-state index contributed by atoms with van der Waals surface area (Å²) in [6, 6.07) is 14.2. The molecule has 4 heterocycles. The monoisotopic (exact) mass is 540 g/mol. The molecule has 10 heteroatoms. The number of H-pyrrole nitrogens is 2. The fourth-order valence-electron chi connectivity index (χ4n) is 5.88. The van der Waals surface area contributed by atoms with Crippen LogP contribution in [0.4, 0.5) is 4.79 Å². The molecule has 206 valence electrons. The van der Waals surface area contributed by atoms with Gasteiger partial charge in [0.25, 0.3) is 5.56 Å². The van der Waals surface area contributed by atoms with Gasteiger partial charge in [0.1, 0.15) is 6.73 Å². The molecule has 1 aliphatic rings. The lowest BCUT2D eigenvalue weighted by Crippen LogP contribution is -2.47. The van der Waals surface area contributed by atoms with Crippen LogP contribution in [-0.4, -0.2) is 55.4 Å². The van der Waals surface area contributed by atoms with Crippen LogP contribution < -0.4 is 10.3 Å². The van der Waals surface area contributed by atoms with E-state index < -0.39 is 6.09 Å². The highest BCUT2D eigenvalue weighted by Crippen LogP contribution is 2.34. The number of pyridine rings is 1. The number of nitrogens with one attached hydrogen (secondary N) is 2. The number of aromatic nitrogens is 5. The number of nitrogens with zero attached hydrogens (tertiary/aromatic N) is 4. The van der Waals surface area contributed by atoms with E-state index in [9.17, 15) is 9.59 Å². The van der Waals surface area contributed by atoms with E-state index in [0.717, 1.165) is 45.8 Å². The molecule has 2 atom stereocenters. The maximum atomic E-state index is 13.2. The maximum Gasteiger partial charge on any atom is 0.417 e. The molecule has 1 amide bonds.